The summed E-state index contributed by atoms with van der Waals surface area (Å²) in [6.07, 6.45) is 0. The first-order chi connectivity index (χ1) is 4.63. The van der Waals surface area contributed by atoms with E-state index in [9.17, 15) is 4.39 Å². The lowest BCUT2D eigenvalue weighted by atomic mass is 10.3. The van der Waals surface area contributed by atoms with Gasteiger partial charge < -0.3 is 10.8 Å². The molecule has 2 nitrogen and oxygen atoms in total. The molecule has 0 aromatic heterocycles. The van der Waals surface area contributed by atoms with E-state index in [4.69, 9.17) is 10.8 Å². The van der Waals surface area contributed by atoms with E-state index >= 15 is 0 Å². The van der Waals surface area contributed by atoms with Crippen molar-refractivity contribution in [3.63, 3.8) is 0 Å². The van der Waals surface area contributed by atoms with Crippen LogP contribution in [0, 0.1) is 5.82 Å². The van der Waals surface area contributed by atoms with Gasteiger partial charge in [0.1, 0.15) is 5.82 Å². The maximum absolute atomic E-state index is 12.5. The number of nitrogen functional groups attached to an aromatic ring is 1. The molecule has 0 atom stereocenters. The smallest absolute Gasteiger partial charge is 0.155 e. The number of hydrogen-bond acceptors (Lipinski definition) is 2. The van der Waals surface area contributed by atoms with E-state index in [1.807, 2.05) is 0 Å². The highest BCUT2D eigenvalue weighted by molar-refractivity contribution is 9.10. The summed E-state index contributed by atoms with van der Waals surface area (Å²) < 4.78 is 12.5. The second kappa shape index (κ2) is 2.46. The molecule has 1 aromatic carbocycles. The highest BCUT2D eigenvalue weighted by Crippen LogP contribution is 2.31. The first-order valence-corrected chi connectivity index (χ1v) is 3.34. The number of phenols is 1. The number of phenolic OH excluding ortho intramolecular Hbond substituents is 1. The molecule has 0 saturated heterocycles. The van der Waals surface area contributed by atoms with Gasteiger partial charge in [-0.05, 0) is 28.1 Å². The Hall–Kier alpha value is -0.770. The molecule has 0 aliphatic carbocycles. The Morgan fingerprint density at radius 2 is 2.10 bits per heavy atom. The van der Waals surface area contributed by atoms with Gasteiger partial charge in [0.2, 0.25) is 0 Å². The van der Waals surface area contributed by atoms with Crippen LogP contribution in [0.4, 0.5) is 10.1 Å². The molecule has 0 amide bonds. The van der Waals surface area contributed by atoms with E-state index in [1.165, 1.54) is 12.1 Å². The minimum atomic E-state index is -0.522. The number of anilines is 1. The molecule has 0 unspecified atom stereocenters. The van der Waals surface area contributed by atoms with E-state index < -0.39 is 5.82 Å². The van der Waals surface area contributed by atoms with Crippen molar-refractivity contribution >= 4 is 21.6 Å². The molecule has 0 spiro atoms. The first kappa shape index (κ1) is 7.34. The Morgan fingerprint density at radius 1 is 1.50 bits per heavy atom. The van der Waals surface area contributed by atoms with E-state index in [2.05, 4.69) is 15.9 Å². The maximum atomic E-state index is 12.5. The lowest BCUT2D eigenvalue weighted by Gasteiger charge is -2.00. The van der Waals surface area contributed by atoms with Gasteiger partial charge in [0, 0.05) is 0 Å². The van der Waals surface area contributed by atoms with Crippen molar-refractivity contribution in [3.05, 3.63) is 22.4 Å². The summed E-state index contributed by atoms with van der Waals surface area (Å²) in [7, 11) is 0. The van der Waals surface area contributed by atoms with Gasteiger partial charge in [0.15, 0.2) is 5.75 Å². The van der Waals surface area contributed by atoms with Crippen LogP contribution in [-0.2, 0) is 0 Å². The Bertz CT molecular complexity index is 237. The zero-order valence-electron chi connectivity index (χ0n) is 4.94. The van der Waals surface area contributed by atoms with Crippen LogP contribution in [0.5, 0.6) is 5.75 Å². The SMILES string of the molecule is Nc1ccc(F)c(Br)c1O. The van der Waals surface area contributed by atoms with Crippen LogP contribution in [0.25, 0.3) is 0 Å². The second-order valence-electron chi connectivity index (χ2n) is 1.80. The molecule has 54 valence electrons. The highest BCUT2D eigenvalue weighted by Gasteiger charge is 2.06. The minimum Gasteiger partial charge on any atom is -0.505 e. The van der Waals surface area contributed by atoms with Gasteiger partial charge in [0.05, 0.1) is 10.2 Å². The maximum Gasteiger partial charge on any atom is 0.155 e. The van der Waals surface area contributed by atoms with Crippen molar-refractivity contribution in [1.82, 2.24) is 0 Å². The van der Waals surface area contributed by atoms with Crippen LogP contribution < -0.4 is 5.73 Å². The van der Waals surface area contributed by atoms with E-state index in [0.717, 1.165) is 0 Å². The average molecular weight is 206 g/mol. The van der Waals surface area contributed by atoms with Gasteiger partial charge in [-0.25, -0.2) is 4.39 Å². The first-order valence-electron chi connectivity index (χ1n) is 2.55. The lowest BCUT2D eigenvalue weighted by molar-refractivity contribution is 0.467. The van der Waals surface area contributed by atoms with E-state index in [0.29, 0.717) is 0 Å². The molecule has 0 aliphatic heterocycles. The standard InChI is InChI=1S/C6H5BrFNO/c7-5-3(8)1-2-4(9)6(5)10/h1-2,10H,9H2. The fraction of sp³-hybridized carbons (Fsp3) is 0. The fourth-order valence-electron chi connectivity index (χ4n) is 0.555. The van der Waals surface area contributed by atoms with Crippen molar-refractivity contribution in [2.45, 2.75) is 0 Å². The largest absolute Gasteiger partial charge is 0.505 e. The van der Waals surface area contributed by atoms with Crippen LogP contribution in [0.3, 0.4) is 0 Å². The normalized spacial score (nSPS) is 9.80. The Kier molecular flexibility index (Phi) is 1.80. The molecule has 1 aromatic rings. The number of halogens is 2. The van der Waals surface area contributed by atoms with Gasteiger partial charge in [-0.2, -0.15) is 0 Å². The Morgan fingerprint density at radius 3 is 2.60 bits per heavy atom. The summed E-state index contributed by atoms with van der Waals surface area (Å²) in [5.41, 5.74) is 5.40. The number of benzene rings is 1. The number of hydrogen-bond donors (Lipinski definition) is 2. The van der Waals surface area contributed by atoms with E-state index in [1.54, 1.807) is 0 Å². The van der Waals surface area contributed by atoms with Gasteiger partial charge in [-0.1, -0.05) is 0 Å². The number of aromatic hydroxyl groups is 1. The molecular weight excluding hydrogens is 201 g/mol. The third-order valence-electron chi connectivity index (χ3n) is 1.10. The number of rotatable bonds is 0. The van der Waals surface area contributed by atoms with Gasteiger partial charge >= 0.3 is 0 Å². The molecule has 4 heteroatoms. The second-order valence-corrected chi connectivity index (χ2v) is 2.59. The van der Waals surface area contributed by atoms with Crippen molar-refractivity contribution in [2.75, 3.05) is 5.73 Å². The third-order valence-corrected chi connectivity index (χ3v) is 1.85. The third kappa shape index (κ3) is 1.07. The predicted molar refractivity (Wildman–Crippen MR) is 40.2 cm³/mol. The average Bonchev–Trinajstić information content (AvgIpc) is 1.93. The molecule has 1 rings (SSSR count). The zero-order valence-corrected chi connectivity index (χ0v) is 6.52. The van der Waals surface area contributed by atoms with E-state index in [-0.39, 0.29) is 15.9 Å². The van der Waals surface area contributed by atoms with Crippen LogP contribution in [0.1, 0.15) is 0 Å². The monoisotopic (exact) mass is 205 g/mol. The molecule has 0 fully saturated rings. The predicted octanol–water partition coefficient (Wildman–Crippen LogP) is 1.88. The summed E-state index contributed by atoms with van der Waals surface area (Å²) in [5, 5.41) is 8.98. The summed E-state index contributed by atoms with van der Waals surface area (Å²) in [6, 6.07) is 2.48. The van der Waals surface area contributed by atoms with Gasteiger partial charge in [-0.15, -0.1) is 0 Å². The van der Waals surface area contributed by atoms with Crippen LogP contribution in [-0.4, -0.2) is 5.11 Å². The molecule has 0 bridgehead atoms. The molecule has 0 heterocycles. The van der Waals surface area contributed by atoms with Crippen LogP contribution in [0.15, 0.2) is 16.6 Å². The molecule has 0 saturated carbocycles. The summed E-state index contributed by atoms with van der Waals surface area (Å²) in [6.45, 7) is 0. The zero-order chi connectivity index (χ0) is 7.72. The molecule has 0 radical (unpaired) electrons. The highest BCUT2D eigenvalue weighted by atomic mass is 79.9. The lowest BCUT2D eigenvalue weighted by Crippen LogP contribution is -1.87. The number of nitrogens with two attached hydrogens (primary N) is 1. The van der Waals surface area contributed by atoms with Crippen LogP contribution >= 0.6 is 15.9 Å². The van der Waals surface area contributed by atoms with Crippen molar-refractivity contribution in [3.8, 4) is 5.75 Å². The minimum absolute atomic E-state index is 0.00694. The van der Waals surface area contributed by atoms with Crippen molar-refractivity contribution in [2.24, 2.45) is 0 Å². The molecule has 10 heavy (non-hydrogen) atoms. The van der Waals surface area contributed by atoms with Crippen molar-refractivity contribution in [1.29, 1.82) is 0 Å². The molecule has 0 aliphatic rings. The van der Waals surface area contributed by atoms with Crippen molar-refractivity contribution < 1.29 is 9.50 Å². The molecule has 3 N–H and O–H groups in total. The Balaban J connectivity index is 3.34. The fourth-order valence-corrected chi connectivity index (χ4v) is 0.916. The summed E-state index contributed by atoms with van der Waals surface area (Å²) in [5.74, 6) is -0.772. The quantitative estimate of drug-likeness (QED) is 0.502. The Labute approximate surface area is 65.6 Å². The van der Waals surface area contributed by atoms with Gasteiger partial charge in [-0.3, -0.25) is 0 Å². The molecular formula is C6H5BrFNO. The topological polar surface area (TPSA) is 46.2 Å². The van der Waals surface area contributed by atoms with Crippen LogP contribution in [0.2, 0.25) is 0 Å². The summed E-state index contributed by atoms with van der Waals surface area (Å²) >= 11 is 2.82. The summed E-state index contributed by atoms with van der Waals surface area (Å²) in [4.78, 5) is 0. The van der Waals surface area contributed by atoms with Gasteiger partial charge in [0.25, 0.3) is 0 Å².